The van der Waals surface area contributed by atoms with Crippen molar-refractivity contribution < 1.29 is 0 Å². The van der Waals surface area contributed by atoms with E-state index in [-0.39, 0.29) is 0 Å². The second-order valence-corrected chi connectivity index (χ2v) is 7.93. The third-order valence-electron chi connectivity index (χ3n) is 5.38. The molecule has 0 saturated carbocycles. The Balaban J connectivity index is 1.63. The van der Waals surface area contributed by atoms with E-state index in [0.717, 1.165) is 11.8 Å². The van der Waals surface area contributed by atoms with Crippen LogP contribution in [0.15, 0.2) is 0 Å². The summed E-state index contributed by atoms with van der Waals surface area (Å²) in [6.07, 6.45) is 8.74. The lowest BCUT2D eigenvalue weighted by Gasteiger charge is -2.41. The van der Waals surface area contributed by atoms with Gasteiger partial charge in [0.15, 0.2) is 0 Å². The standard InChI is InChI=1S/C17H34N2/c1-17(2,3)19-13-9-16(10-14-19)6-5-15-7-11-18(4)12-8-15/h15-16H,5-14H2,1-4H3. The van der Waals surface area contributed by atoms with Gasteiger partial charge in [0.05, 0.1) is 0 Å². The molecule has 2 heterocycles. The molecule has 0 aromatic rings. The largest absolute Gasteiger partial charge is 0.306 e. The zero-order chi connectivity index (χ0) is 13.9. The van der Waals surface area contributed by atoms with Crippen LogP contribution in [0.25, 0.3) is 0 Å². The summed E-state index contributed by atoms with van der Waals surface area (Å²) in [6, 6.07) is 0. The fourth-order valence-corrected chi connectivity index (χ4v) is 3.71. The Labute approximate surface area is 120 Å². The Morgan fingerprint density at radius 1 is 0.789 bits per heavy atom. The number of piperidine rings is 2. The second kappa shape index (κ2) is 6.58. The molecule has 0 N–H and O–H groups in total. The van der Waals surface area contributed by atoms with Crippen LogP contribution in [0.4, 0.5) is 0 Å². The summed E-state index contributed by atoms with van der Waals surface area (Å²) < 4.78 is 0. The van der Waals surface area contributed by atoms with Gasteiger partial charge in [0.25, 0.3) is 0 Å². The van der Waals surface area contributed by atoms with Crippen LogP contribution in [-0.4, -0.2) is 48.6 Å². The molecular formula is C17H34N2. The molecule has 2 aliphatic rings. The van der Waals surface area contributed by atoms with E-state index >= 15 is 0 Å². The van der Waals surface area contributed by atoms with E-state index in [1.807, 2.05) is 0 Å². The van der Waals surface area contributed by atoms with E-state index in [9.17, 15) is 0 Å². The maximum atomic E-state index is 2.67. The van der Waals surface area contributed by atoms with Crippen molar-refractivity contribution in [2.24, 2.45) is 11.8 Å². The predicted octanol–water partition coefficient (Wildman–Crippen LogP) is 3.62. The van der Waals surface area contributed by atoms with Crippen LogP contribution in [0.3, 0.4) is 0 Å². The number of nitrogens with zero attached hydrogens (tertiary/aromatic N) is 2. The first-order valence-electron chi connectivity index (χ1n) is 8.39. The lowest BCUT2D eigenvalue weighted by molar-refractivity contribution is 0.0820. The highest BCUT2D eigenvalue weighted by molar-refractivity contribution is 4.82. The molecule has 112 valence electrons. The van der Waals surface area contributed by atoms with Gasteiger partial charge in [0.2, 0.25) is 0 Å². The quantitative estimate of drug-likeness (QED) is 0.770. The van der Waals surface area contributed by atoms with Gasteiger partial charge in [-0.2, -0.15) is 0 Å². The molecule has 0 aromatic heterocycles. The van der Waals surface area contributed by atoms with Gasteiger partial charge < -0.3 is 4.90 Å². The average Bonchev–Trinajstić information content (AvgIpc) is 2.37. The molecule has 0 radical (unpaired) electrons. The summed E-state index contributed by atoms with van der Waals surface area (Å²) >= 11 is 0. The Hall–Kier alpha value is -0.0800. The molecule has 0 unspecified atom stereocenters. The summed E-state index contributed by atoms with van der Waals surface area (Å²) in [5.41, 5.74) is 0.374. The van der Waals surface area contributed by atoms with Gasteiger partial charge in [-0.3, -0.25) is 4.90 Å². The first kappa shape index (κ1) is 15.3. The van der Waals surface area contributed by atoms with Crippen LogP contribution >= 0.6 is 0 Å². The molecule has 0 bridgehead atoms. The zero-order valence-electron chi connectivity index (χ0n) is 13.6. The molecule has 2 heteroatoms. The zero-order valence-corrected chi connectivity index (χ0v) is 13.6. The first-order chi connectivity index (χ1) is 8.95. The topological polar surface area (TPSA) is 6.48 Å². The molecule has 2 saturated heterocycles. The van der Waals surface area contributed by atoms with Gasteiger partial charge in [-0.15, -0.1) is 0 Å². The fourth-order valence-electron chi connectivity index (χ4n) is 3.71. The maximum Gasteiger partial charge on any atom is 0.0125 e. The lowest BCUT2D eigenvalue weighted by Crippen LogP contribution is -2.46. The Morgan fingerprint density at radius 3 is 1.63 bits per heavy atom. The molecular weight excluding hydrogens is 232 g/mol. The third-order valence-corrected chi connectivity index (χ3v) is 5.38. The lowest BCUT2D eigenvalue weighted by atomic mass is 9.84. The molecule has 0 aliphatic carbocycles. The van der Waals surface area contributed by atoms with E-state index in [1.54, 1.807) is 0 Å². The van der Waals surface area contributed by atoms with E-state index in [0.29, 0.717) is 5.54 Å². The van der Waals surface area contributed by atoms with E-state index < -0.39 is 0 Å². The molecule has 19 heavy (non-hydrogen) atoms. The second-order valence-electron chi connectivity index (χ2n) is 7.93. The van der Waals surface area contributed by atoms with Gasteiger partial charge in [-0.25, -0.2) is 0 Å². The van der Waals surface area contributed by atoms with Crippen LogP contribution in [0.1, 0.15) is 59.3 Å². The Morgan fingerprint density at radius 2 is 1.21 bits per heavy atom. The molecule has 2 aliphatic heterocycles. The van der Waals surface area contributed by atoms with Crippen molar-refractivity contribution in [1.82, 2.24) is 9.80 Å². The minimum Gasteiger partial charge on any atom is -0.306 e. The van der Waals surface area contributed by atoms with Gasteiger partial charge in [-0.05, 0) is 91.5 Å². The minimum absolute atomic E-state index is 0.374. The van der Waals surface area contributed by atoms with E-state index in [4.69, 9.17) is 0 Å². The maximum absolute atomic E-state index is 2.67. The normalized spacial score (nSPS) is 25.9. The van der Waals surface area contributed by atoms with Crippen LogP contribution in [-0.2, 0) is 0 Å². The van der Waals surface area contributed by atoms with Crippen molar-refractivity contribution in [1.29, 1.82) is 0 Å². The van der Waals surface area contributed by atoms with Crippen molar-refractivity contribution in [2.45, 2.75) is 64.8 Å². The third kappa shape index (κ3) is 4.75. The Bertz CT molecular complexity index is 253. The molecule has 0 atom stereocenters. The first-order valence-corrected chi connectivity index (χ1v) is 8.39. The summed E-state index contributed by atoms with van der Waals surface area (Å²) in [5, 5.41) is 0. The van der Waals surface area contributed by atoms with Crippen molar-refractivity contribution >= 4 is 0 Å². The smallest absolute Gasteiger partial charge is 0.0125 e. The summed E-state index contributed by atoms with van der Waals surface area (Å²) in [5.74, 6) is 2.04. The van der Waals surface area contributed by atoms with Crippen LogP contribution in [0.5, 0.6) is 0 Å². The number of rotatable bonds is 3. The summed E-state index contributed by atoms with van der Waals surface area (Å²) in [4.78, 5) is 5.15. The number of likely N-dealkylation sites (tertiary alicyclic amines) is 2. The highest BCUT2D eigenvalue weighted by Gasteiger charge is 2.27. The van der Waals surface area contributed by atoms with Crippen molar-refractivity contribution in [3.8, 4) is 0 Å². The molecule has 0 spiro atoms. The van der Waals surface area contributed by atoms with Crippen LogP contribution in [0.2, 0.25) is 0 Å². The predicted molar refractivity (Wildman–Crippen MR) is 83.5 cm³/mol. The molecule has 2 nitrogen and oxygen atoms in total. The monoisotopic (exact) mass is 266 g/mol. The average molecular weight is 266 g/mol. The van der Waals surface area contributed by atoms with E-state index in [1.165, 1.54) is 64.7 Å². The highest BCUT2D eigenvalue weighted by atomic mass is 15.2. The fraction of sp³-hybridized carbons (Fsp3) is 1.00. The minimum atomic E-state index is 0.374. The number of hydrogen-bond acceptors (Lipinski definition) is 2. The summed E-state index contributed by atoms with van der Waals surface area (Å²) in [6.45, 7) is 12.4. The van der Waals surface area contributed by atoms with Crippen LogP contribution < -0.4 is 0 Å². The molecule has 2 rings (SSSR count). The highest BCUT2D eigenvalue weighted by Crippen LogP contribution is 2.30. The van der Waals surface area contributed by atoms with Gasteiger partial charge in [0.1, 0.15) is 0 Å². The van der Waals surface area contributed by atoms with Crippen molar-refractivity contribution in [3.05, 3.63) is 0 Å². The molecule has 0 aromatic carbocycles. The van der Waals surface area contributed by atoms with Crippen molar-refractivity contribution in [3.63, 3.8) is 0 Å². The van der Waals surface area contributed by atoms with E-state index in [2.05, 4.69) is 37.6 Å². The van der Waals surface area contributed by atoms with Crippen LogP contribution in [0, 0.1) is 11.8 Å². The van der Waals surface area contributed by atoms with Gasteiger partial charge in [0, 0.05) is 5.54 Å². The number of hydrogen-bond donors (Lipinski definition) is 0. The summed E-state index contributed by atoms with van der Waals surface area (Å²) in [7, 11) is 2.26. The Kier molecular flexibility index (Phi) is 5.30. The molecule has 2 fully saturated rings. The van der Waals surface area contributed by atoms with Gasteiger partial charge in [-0.1, -0.05) is 12.8 Å². The van der Waals surface area contributed by atoms with Crippen molar-refractivity contribution in [2.75, 3.05) is 33.2 Å². The molecule has 0 amide bonds. The van der Waals surface area contributed by atoms with Gasteiger partial charge >= 0.3 is 0 Å². The SMILES string of the molecule is CN1CCC(CCC2CCN(C(C)(C)C)CC2)CC1.